The Balaban J connectivity index is 0.739. The number of thioether (sulfide) groups is 1. The molecule has 11 aliphatic carbocycles. The quantitative estimate of drug-likeness (QED) is 0.245. The van der Waals surface area contributed by atoms with Crippen molar-refractivity contribution in [1.82, 2.24) is 14.7 Å². The van der Waals surface area contributed by atoms with Crippen molar-refractivity contribution < 1.29 is 0 Å². The summed E-state index contributed by atoms with van der Waals surface area (Å²) in [6.45, 7) is 0. The van der Waals surface area contributed by atoms with Gasteiger partial charge in [0.05, 0.1) is 30.2 Å². The van der Waals surface area contributed by atoms with E-state index in [9.17, 15) is 0 Å². The normalized spacial score (nSPS) is 42.9. The van der Waals surface area contributed by atoms with E-state index in [2.05, 4.69) is 154 Å². The van der Waals surface area contributed by atoms with Crippen LogP contribution in [0.5, 0.6) is 0 Å². The maximum atomic E-state index is 3.05. The van der Waals surface area contributed by atoms with E-state index in [1.54, 1.807) is 38.7 Å². The first-order valence-corrected chi connectivity index (χ1v) is 30.0. The van der Waals surface area contributed by atoms with E-state index < -0.39 is 0 Å². The Labute approximate surface area is 424 Å². The molecule has 15 rings (SSSR count). The summed E-state index contributed by atoms with van der Waals surface area (Å²) < 4.78 is 0. The maximum Gasteiger partial charge on any atom is 0.0585 e. The SMILES string of the molecule is C1=CCCC(N2C3=C(CCC=C3)C3CC(C4C=CC5C(C4)C4CC(C6C=C7C8CCC=CC8N(C8=CC=CCC8)C7CC6)C=CC4N5C4=CC=C5SC6CCC(C7=CCCCC7)=CC6C5C4)C=CC32)=C1. The van der Waals surface area contributed by atoms with Crippen LogP contribution in [0.3, 0.4) is 0 Å². The maximum absolute atomic E-state index is 3.05. The molecular formula is C66H77N3S. The first-order valence-electron chi connectivity index (χ1n) is 29.1. The Morgan fingerprint density at radius 2 is 1.29 bits per heavy atom. The average Bonchev–Trinajstić information content (AvgIpc) is 4.17. The van der Waals surface area contributed by atoms with Crippen LogP contribution in [0.15, 0.2) is 178 Å². The predicted octanol–water partition coefficient (Wildman–Crippen LogP) is 15.5. The van der Waals surface area contributed by atoms with Gasteiger partial charge in [-0.05, 0) is 221 Å². The number of rotatable bonds is 6. The molecule has 3 saturated heterocycles. The number of fused-ring (bicyclic) bond motifs is 11. The first-order chi connectivity index (χ1) is 34.7. The molecule has 4 heteroatoms. The van der Waals surface area contributed by atoms with E-state index in [-0.39, 0.29) is 0 Å². The highest BCUT2D eigenvalue weighted by molar-refractivity contribution is 8.04. The van der Waals surface area contributed by atoms with Crippen molar-refractivity contribution in [3.8, 4) is 0 Å². The molecule has 0 amide bonds. The van der Waals surface area contributed by atoms with Gasteiger partial charge < -0.3 is 14.7 Å². The van der Waals surface area contributed by atoms with E-state index in [0.29, 0.717) is 89.4 Å². The molecule has 3 nitrogen and oxygen atoms in total. The summed E-state index contributed by atoms with van der Waals surface area (Å²) in [4.78, 5) is 10.4. The van der Waals surface area contributed by atoms with Crippen molar-refractivity contribution in [1.29, 1.82) is 0 Å². The van der Waals surface area contributed by atoms with Crippen molar-refractivity contribution in [3.05, 3.63) is 178 Å². The third-order valence-electron chi connectivity index (χ3n) is 21.3. The number of likely N-dealkylation sites (tertiary alicyclic amines) is 2. The smallest absolute Gasteiger partial charge is 0.0585 e. The minimum Gasteiger partial charge on any atom is -0.361 e. The third kappa shape index (κ3) is 7.15. The van der Waals surface area contributed by atoms with Gasteiger partial charge in [-0.2, -0.15) is 0 Å². The van der Waals surface area contributed by atoms with E-state index in [1.165, 1.54) is 134 Å². The monoisotopic (exact) mass is 944 g/mol. The molecule has 4 heterocycles. The van der Waals surface area contributed by atoms with Gasteiger partial charge in [0.1, 0.15) is 0 Å². The number of nitrogens with zero attached hydrogens (tertiary/aromatic N) is 3. The van der Waals surface area contributed by atoms with Gasteiger partial charge in [0.15, 0.2) is 0 Å². The molecule has 3 fully saturated rings. The zero-order valence-electron chi connectivity index (χ0n) is 41.8. The number of allylic oxidation sites excluding steroid dienone is 23. The lowest BCUT2D eigenvalue weighted by atomic mass is 9.65. The summed E-state index contributed by atoms with van der Waals surface area (Å²) in [6.07, 6.45) is 80.1. The topological polar surface area (TPSA) is 9.72 Å². The van der Waals surface area contributed by atoms with Crippen LogP contribution in [-0.4, -0.2) is 50.2 Å². The molecule has 0 spiro atoms. The van der Waals surface area contributed by atoms with Crippen LogP contribution in [0.2, 0.25) is 0 Å². The van der Waals surface area contributed by atoms with Crippen LogP contribution in [-0.2, 0) is 0 Å². The molecule has 362 valence electrons. The van der Waals surface area contributed by atoms with Crippen LogP contribution in [0.25, 0.3) is 0 Å². The molecule has 15 aliphatic rings. The standard InChI is InChI=1S/C66H77N3S/c1-4-14-42(15-5-1)43-28-34-65-57(40-43)58-41-50(29-35-66(58)70-65)69-63-32-26-46(44-24-30-61-53(36-44)51-20-10-12-22-59(51)67(61)48-16-6-2-7-17-48)38-55(63)56-39-47(27-33-64(56)69)45-25-31-62-54(37-45)52-21-11-13-23-60(52)68(62)49-18-8-3-9-19-49/h2-3,6,8,12-14,16,18,22-24,26-27,29-30,32-33,35,37,40,44-47,52-53,55-58,60-65H,1,4-5,7,9-11,15,17,19-21,25,28,31,34,36,38-39,41H2. The predicted molar refractivity (Wildman–Crippen MR) is 291 cm³/mol. The van der Waals surface area contributed by atoms with Crippen LogP contribution in [0, 0.1) is 59.2 Å². The van der Waals surface area contributed by atoms with Crippen molar-refractivity contribution in [2.75, 3.05) is 0 Å². The lowest BCUT2D eigenvalue weighted by Gasteiger charge is -2.41. The van der Waals surface area contributed by atoms with Crippen molar-refractivity contribution in [2.45, 2.75) is 164 Å². The van der Waals surface area contributed by atoms with Gasteiger partial charge in [0.25, 0.3) is 0 Å². The number of hydrogen-bond donors (Lipinski definition) is 0. The zero-order chi connectivity index (χ0) is 45.9. The van der Waals surface area contributed by atoms with Gasteiger partial charge in [-0.25, -0.2) is 0 Å². The van der Waals surface area contributed by atoms with Gasteiger partial charge in [-0.15, -0.1) is 11.8 Å². The second-order valence-electron chi connectivity index (χ2n) is 24.5. The van der Waals surface area contributed by atoms with Crippen molar-refractivity contribution >= 4 is 11.8 Å². The van der Waals surface area contributed by atoms with Crippen LogP contribution in [0.4, 0.5) is 0 Å². The second-order valence-corrected chi connectivity index (χ2v) is 25.9. The summed E-state index contributed by atoms with van der Waals surface area (Å²) in [5, 5.41) is 0.761. The molecular weight excluding hydrogens is 867 g/mol. The lowest BCUT2D eigenvalue weighted by Crippen LogP contribution is -2.40. The summed E-state index contributed by atoms with van der Waals surface area (Å²) in [6, 6.07) is 2.66. The fourth-order valence-electron chi connectivity index (χ4n) is 18.1. The highest BCUT2D eigenvalue weighted by Crippen LogP contribution is 2.60. The minimum absolute atomic E-state index is 0.490. The third-order valence-corrected chi connectivity index (χ3v) is 22.8. The lowest BCUT2D eigenvalue weighted by molar-refractivity contribution is 0.198. The van der Waals surface area contributed by atoms with Gasteiger partial charge in [-0.3, -0.25) is 0 Å². The Morgan fingerprint density at radius 3 is 2.09 bits per heavy atom. The first kappa shape index (κ1) is 43.4. The molecule has 0 bridgehead atoms. The minimum atomic E-state index is 0.490. The molecule has 0 aromatic rings. The van der Waals surface area contributed by atoms with E-state index in [4.69, 9.17) is 0 Å². The molecule has 16 unspecified atom stereocenters. The summed E-state index contributed by atoms with van der Waals surface area (Å²) in [7, 11) is 0. The molecule has 0 aromatic heterocycles. The largest absolute Gasteiger partial charge is 0.361 e. The second kappa shape index (κ2) is 17.8. The Morgan fingerprint density at radius 1 is 0.500 bits per heavy atom. The zero-order valence-corrected chi connectivity index (χ0v) is 42.6. The van der Waals surface area contributed by atoms with Crippen molar-refractivity contribution in [2.24, 2.45) is 59.2 Å². The van der Waals surface area contributed by atoms with Crippen molar-refractivity contribution in [3.63, 3.8) is 0 Å². The van der Waals surface area contributed by atoms with Gasteiger partial charge >= 0.3 is 0 Å². The fourth-order valence-corrected chi connectivity index (χ4v) is 19.7. The summed E-state index contributed by atoms with van der Waals surface area (Å²) >= 11 is 2.26. The summed E-state index contributed by atoms with van der Waals surface area (Å²) in [5.41, 5.74) is 13.3. The summed E-state index contributed by atoms with van der Waals surface area (Å²) in [5.74, 6) is 6.65. The van der Waals surface area contributed by atoms with Crippen LogP contribution < -0.4 is 0 Å². The Hall–Kier alpha value is -4.15. The van der Waals surface area contributed by atoms with Crippen LogP contribution >= 0.6 is 11.8 Å². The van der Waals surface area contributed by atoms with E-state index >= 15 is 0 Å². The van der Waals surface area contributed by atoms with Crippen LogP contribution in [0.1, 0.15) is 128 Å². The molecule has 0 saturated carbocycles. The van der Waals surface area contributed by atoms with E-state index in [0.717, 1.165) is 5.25 Å². The molecule has 0 aromatic carbocycles. The average molecular weight is 944 g/mol. The highest BCUT2D eigenvalue weighted by Gasteiger charge is 2.55. The Kier molecular flexibility index (Phi) is 11.0. The number of hydrogen-bond acceptors (Lipinski definition) is 4. The molecule has 0 radical (unpaired) electrons. The molecule has 0 N–H and O–H groups in total. The van der Waals surface area contributed by atoms with Gasteiger partial charge in [0, 0.05) is 45.8 Å². The highest BCUT2D eigenvalue weighted by atomic mass is 32.2. The van der Waals surface area contributed by atoms with E-state index in [1.807, 2.05) is 5.57 Å². The fraction of sp³-hybridized carbons (Fsp3) is 0.545. The van der Waals surface area contributed by atoms with Gasteiger partial charge in [-0.1, -0.05) is 103 Å². The van der Waals surface area contributed by atoms with Gasteiger partial charge in [0.2, 0.25) is 0 Å². The Bertz CT molecular complexity index is 2640. The molecule has 16 atom stereocenters. The molecule has 4 aliphatic heterocycles. The molecule has 70 heavy (non-hydrogen) atoms.